The highest BCUT2D eigenvalue weighted by Gasteiger charge is 2.62. The summed E-state index contributed by atoms with van der Waals surface area (Å²) in [6.45, 7) is -4.52. The van der Waals surface area contributed by atoms with Crippen LogP contribution >= 0.6 is 6.72 Å². The molecule has 33 heavy (non-hydrogen) atoms. The number of imidazole rings is 1. The Hall–Kier alpha value is -2.35. The Balaban J connectivity index is 1.42. The lowest BCUT2D eigenvalue weighted by atomic mass is 9.98. The van der Waals surface area contributed by atoms with Crippen molar-refractivity contribution in [3.8, 4) is 5.75 Å². The number of fused-ring (bicyclic) bond motifs is 2. The van der Waals surface area contributed by atoms with Crippen molar-refractivity contribution in [1.29, 1.82) is 0 Å². The first-order valence-corrected chi connectivity index (χ1v) is 12.2. The number of nitrogens with two attached hydrogens (primary N) is 1. The number of nitrogens with zero attached hydrogens (tertiary/aromatic N) is 4. The minimum absolute atomic E-state index is 0.0243. The molecule has 10 nitrogen and oxygen atoms in total. The first kappa shape index (κ1) is 22.4. The van der Waals surface area contributed by atoms with Crippen LogP contribution in [0, 0.1) is 0 Å². The predicted molar refractivity (Wildman–Crippen MR) is 112 cm³/mol. The van der Waals surface area contributed by atoms with E-state index in [4.69, 9.17) is 35.8 Å². The van der Waals surface area contributed by atoms with Crippen molar-refractivity contribution in [2.75, 3.05) is 12.3 Å². The van der Waals surface area contributed by atoms with Gasteiger partial charge in [-0.05, 0) is 6.07 Å². The molecule has 0 amide bonds. The van der Waals surface area contributed by atoms with E-state index in [1.54, 1.807) is 24.3 Å². The van der Waals surface area contributed by atoms with E-state index in [2.05, 4.69) is 15.0 Å². The molecule has 4 heterocycles. The molecule has 0 aliphatic carbocycles. The molecule has 176 valence electrons. The summed E-state index contributed by atoms with van der Waals surface area (Å²) in [5.74, 6) is 0.415. The van der Waals surface area contributed by atoms with Gasteiger partial charge in [0, 0.05) is 17.4 Å². The molecule has 5 unspecified atom stereocenters. The molecular weight excluding hydrogens is 486 g/mol. The number of hydrogen-bond donors (Lipinski definition) is 2. The summed E-state index contributed by atoms with van der Waals surface area (Å²) < 4.78 is 66.6. The van der Waals surface area contributed by atoms with Crippen molar-refractivity contribution in [1.82, 2.24) is 19.5 Å². The average Bonchev–Trinajstić information content (AvgIpc) is 3.33. The van der Waals surface area contributed by atoms with Crippen molar-refractivity contribution in [3.05, 3.63) is 42.5 Å². The molecule has 1 saturated heterocycles. The van der Waals surface area contributed by atoms with E-state index < -0.39 is 43.9 Å². The van der Waals surface area contributed by atoms with E-state index in [0.29, 0.717) is 11.3 Å². The summed E-state index contributed by atoms with van der Waals surface area (Å²) in [6, 6.07) is 6.85. The quantitative estimate of drug-likeness (QED) is 0.502. The minimum atomic E-state index is -3.54. The molecule has 0 saturated carbocycles. The zero-order valence-corrected chi connectivity index (χ0v) is 18.3. The molecule has 0 spiro atoms. The first-order chi connectivity index (χ1) is 15.7. The maximum atomic E-state index is 15.2. The SMILES string of the molecule is Nc1ncnc2c1ncn2C1OC(COP2(=S)OCc3ccccc3O2)(C(F)F)C(F)C1O. The molecule has 3 N–H and O–H groups in total. The second-order valence-corrected chi connectivity index (χ2v) is 10.4. The molecule has 2 aromatic heterocycles. The monoisotopic (exact) mass is 503 g/mol. The van der Waals surface area contributed by atoms with Crippen molar-refractivity contribution in [2.45, 2.75) is 37.1 Å². The van der Waals surface area contributed by atoms with Gasteiger partial charge in [0.05, 0.1) is 19.5 Å². The van der Waals surface area contributed by atoms with E-state index in [-0.39, 0.29) is 23.6 Å². The summed E-state index contributed by atoms with van der Waals surface area (Å²) in [7, 11) is 0. The molecular formula is C18H17F3N5O5PS. The van der Waals surface area contributed by atoms with E-state index in [0.717, 1.165) is 17.2 Å². The number of nitrogen functional groups attached to an aromatic ring is 1. The Morgan fingerprint density at radius 3 is 2.91 bits per heavy atom. The normalized spacial score (nSPS) is 31.6. The molecule has 0 radical (unpaired) electrons. The predicted octanol–water partition coefficient (Wildman–Crippen LogP) is 2.49. The Bertz CT molecular complexity index is 1250. The lowest BCUT2D eigenvalue weighted by Crippen LogP contribution is -2.50. The molecule has 5 rings (SSSR count). The second kappa shape index (κ2) is 8.15. The fourth-order valence-electron chi connectivity index (χ4n) is 3.67. The van der Waals surface area contributed by atoms with Crippen molar-refractivity contribution in [3.63, 3.8) is 0 Å². The Morgan fingerprint density at radius 1 is 1.33 bits per heavy atom. The highest BCUT2D eigenvalue weighted by molar-refractivity contribution is 8.07. The van der Waals surface area contributed by atoms with Crippen LogP contribution in [0.25, 0.3) is 11.2 Å². The van der Waals surface area contributed by atoms with Crippen molar-refractivity contribution >= 4 is 35.5 Å². The van der Waals surface area contributed by atoms with Gasteiger partial charge < -0.3 is 20.1 Å². The maximum Gasteiger partial charge on any atom is 0.381 e. The number of aromatic nitrogens is 4. The minimum Gasteiger partial charge on any atom is -0.424 e. The van der Waals surface area contributed by atoms with Gasteiger partial charge in [-0.2, -0.15) is 0 Å². The zero-order valence-electron chi connectivity index (χ0n) is 16.6. The third-order valence-corrected chi connectivity index (χ3v) is 7.61. The van der Waals surface area contributed by atoms with E-state index >= 15 is 4.39 Å². The van der Waals surface area contributed by atoms with Gasteiger partial charge in [0.15, 0.2) is 29.5 Å². The highest BCUT2D eigenvalue weighted by Crippen LogP contribution is 2.56. The second-order valence-electron chi connectivity index (χ2n) is 7.43. The number of anilines is 1. The van der Waals surface area contributed by atoms with Crippen LogP contribution in [0.1, 0.15) is 11.8 Å². The number of aliphatic hydroxyl groups is 1. The zero-order chi connectivity index (χ0) is 23.4. The smallest absolute Gasteiger partial charge is 0.381 e. The van der Waals surface area contributed by atoms with Gasteiger partial charge >= 0.3 is 6.72 Å². The Morgan fingerprint density at radius 2 is 2.12 bits per heavy atom. The van der Waals surface area contributed by atoms with Crippen LogP contribution < -0.4 is 10.3 Å². The Labute approximate surface area is 189 Å². The van der Waals surface area contributed by atoms with Crippen LogP contribution in [-0.2, 0) is 32.2 Å². The molecule has 1 fully saturated rings. The average molecular weight is 503 g/mol. The summed E-state index contributed by atoms with van der Waals surface area (Å²) >= 11 is 5.27. The lowest BCUT2D eigenvalue weighted by molar-refractivity contribution is -0.182. The summed E-state index contributed by atoms with van der Waals surface area (Å²) in [5, 5.41) is 10.5. The number of para-hydroxylation sites is 1. The van der Waals surface area contributed by atoms with Crippen LogP contribution in [0.2, 0.25) is 0 Å². The molecule has 2 aliphatic heterocycles. The molecule has 3 aromatic rings. The molecule has 1 aromatic carbocycles. The van der Waals surface area contributed by atoms with Gasteiger partial charge in [-0.1, -0.05) is 18.2 Å². The lowest BCUT2D eigenvalue weighted by Gasteiger charge is -2.33. The third-order valence-electron chi connectivity index (χ3n) is 5.44. The van der Waals surface area contributed by atoms with E-state index in [1.807, 2.05) is 0 Å². The molecule has 15 heteroatoms. The summed E-state index contributed by atoms with van der Waals surface area (Å²) in [4.78, 5) is 11.8. The van der Waals surface area contributed by atoms with Crippen LogP contribution in [0.4, 0.5) is 19.0 Å². The highest BCUT2D eigenvalue weighted by atomic mass is 32.5. The van der Waals surface area contributed by atoms with Gasteiger partial charge in [-0.15, -0.1) is 0 Å². The van der Waals surface area contributed by atoms with Gasteiger partial charge in [0.2, 0.25) is 0 Å². The number of rotatable bonds is 5. The third kappa shape index (κ3) is 3.66. The number of benzene rings is 1. The van der Waals surface area contributed by atoms with E-state index in [1.165, 1.54) is 0 Å². The van der Waals surface area contributed by atoms with Crippen LogP contribution in [-0.4, -0.2) is 55.5 Å². The van der Waals surface area contributed by atoms with Crippen LogP contribution in [0.5, 0.6) is 5.75 Å². The maximum absolute atomic E-state index is 15.2. The van der Waals surface area contributed by atoms with Crippen molar-refractivity contribution in [2.24, 2.45) is 0 Å². The topological polar surface area (TPSA) is 127 Å². The molecule has 5 atom stereocenters. The number of alkyl halides is 3. The standard InChI is InChI=1S/C18H17F3N5O5PS/c19-13-12(27)16(26-8-25-11-14(22)23-7-24-15(11)26)30-18(13,17(20)21)6-29-32(33)28-5-9-3-1-2-4-10(9)31-32/h1-4,7-8,12-13,16-17,27H,5-6H2,(H2,22,23,24). The number of aliphatic hydroxyl groups excluding tert-OH is 1. The van der Waals surface area contributed by atoms with Crippen molar-refractivity contribution < 1.29 is 36.6 Å². The largest absolute Gasteiger partial charge is 0.424 e. The fraction of sp³-hybridized carbons (Fsp3) is 0.389. The summed E-state index contributed by atoms with van der Waals surface area (Å²) in [5.41, 5.74) is 3.80. The fourth-order valence-corrected chi connectivity index (χ4v) is 5.48. The van der Waals surface area contributed by atoms with Crippen LogP contribution in [0.3, 0.4) is 0 Å². The van der Waals surface area contributed by atoms with Gasteiger partial charge in [-0.25, -0.2) is 28.1 Å². The van der Waals surface area contributed by atoms with Gasteiger partial charge in [0.25, 0.3) is 6.43 Å². The summed E-state index contributed by atoms with van der Waals surface area (Å²) in [6.07, 6.45) is -7.26. The number of ether oxygens (including phenoxy) is 1. The van der Waals surface area contributed by atoms with Gasteiger partial charge in [0.1, 0.15) is 23.7 Å². The van der Waals surface area contributed by atoms with Crippen LogP contribution in [0.15, 0.2) is 36.9 Å². The van der Waals surface area contributed by atoms with Gasteiger partial charge in [-0.3, -0.25) is 13.6 Å². The number of halogens is 3. The number of hydrogen-bond acceptors (Lipinski definition) is 10. The molecule has 2 aliphatic rings. The molecule has 0 bridgehead atoms. The first-order valence-electron chi connectivity index (χ1n) is 9.62. The Kier molecular flexibility index (Phi) is 5.54. The van der Waals surface area contributed by atoms with E-state index in [9.17, 15) is 13.9 Å².